The van der Waals surface area contributed by atoms with Gasteiger partial charge in [0.1, 0.15) is 11.9 Å². The van der Waals surface area contributed by atoms with E-state index in [1.807, 2.05) is 0 Å². The molecule has 0 unspecified atom stereocenters. The van der Waals surface area contributed by atoms with E-state index >= 15 is 0 Å². The van der Waals surface area contributed by atoms with Crippen molar-refractivity contribution < 1.29 is 9.13 Å². The van der Waals surface area contributed by atoms with E-state index in [1.165, 1.54) is 12.1 Å². The minimum atomic E-state index is -0.261. The summed E-state index contributed by atoms with van der Waals surface area (Å²) in [7, 11) is 0. The zero-order valence-electron chi connectivity index (χ0n) is 8.82. The Bertz CT molecular complexity index is 379. The van der Waals surface area contributed by atoms with Crippen LogP contribution in [0.5, 0.6) is 0 Å². The summed E-state index contributed by atoms with van der Waals surface area (Å²) < 4.78 is 18.3. The van der Waals surface area contributed by atoms with Gasteiger partial charge in [0.15, 0.2) is 5.96 Å². The van der Waals surface area contributed by atoms with E-state index in [0.717, 1.165) is 5.56 Å². The third kappa shape index (κ3) is 2.30. The molecule has 0 amide bonds. The number of halogens is 1. The second-order valence-corrected chi connectivity index (χ2v) is 3.74. The summed E-state index contributed by atoms with van der Waals surface area (Å²) in [5.41, 5.74) is 6.33. The van der Waals surface area contributed by atoms with Gasteiger partial charge in [0.2, 0.25) is 0 Å². The van der Waals surface area contributed by atoms with Crippen LogP contribution in [0.1, 0.15) is 11.7 Å². The third-order valence-electron chi connectivity index (χ3n) is 2.65. The number of nitrogens with zero attached hydrogens (tertiary/aromatic N) is 1. The zero-order valence-corrected chi connectivity index (χ0v) is 8.82. The molecule has 5 heteroatoms. The fourth-order valence-corrected chi connectivity index (χ4v) is 1.75. The third-order valence-corrected chi connectivity index (χ3v) is 2.65. The first-order valence-corrected chi connectivity index (χ1v) is 5.13. The van der Waals surface area contributed by atoms with Crippen molar-refractivity contribution in [3.8, 4) is 0 Å². The standard InChI is InChI=1S/C11H14FN3O/c12-9-3-1-8(2-4-9)10-7-15(11(13)14)5-6-16-10/h1-4,10H,5-7H2,(H3,13,14)/t10-/m1/s1. The van der Waals surface area contributed by atoms with Gasteiger partial charge in [0, 0.05) is 6.54 Å². The lowest BCUT2D eigenvalue weighted by Gasteiger charge is -2.33. The van der Waals surface area contributed by atoms with E-state index < -0.39 is 0 Å². The molecule has 1 heterocycles. The number of nitrogens with two attached hydrogens (primary N) is 1. The smallest absolute Gasteiger partial charge is 0.188 e. The van der Waals surface area contributed by atoms with Crippen LogP contribution in [0.3, 0.4) is 0 Å². The average molecular weight is 223 g/mol. The van der Waals surface area contributed by atoms with Gasteiger partial charge in [0.25, 0.3) is 0 Å². The van der Waals surface area contributed by atoms with E-state index in [1.54, 1.807) is 17.0 Å². The maximum atomic E-state index is 12.8. The number of ether oxygens (including phenoxy) is 1. The number of rotatable bonds is 1. The summed E-state index contributed by atoms with van der Waals surface area (Å²) in [6, 6.07) is 6.21. The molecule has 1 atom stereocenters. The number of benzene rings is 1. The lowest BCUT2D eigenvalue weighted by Crippen LogP contribution is -2.45. The molecule has 1 aliphatic heterocycles. The van der Waals surface area contributed by atoms with Gasteiger partial charge < -0.3 is 15.4 Å². The predicted molar refractivity (Wildman–Crippen MR) is 58.6 cm³/mol. The van der Waals surface area contributed by atoms with Gasteiger partial charge in [-0.05, 0) is 17.7 Å². The highest BCUT2D eigenvalue weighted by Crippen LogP contribution is 2.21. The highest BCUT2D eigenvalue weighted by molar-refractivity contribution is 5.74. The normalized spacial score (nSPS) is 20.8. The van der Waals surface area contributed by atoms with Gasteiger partial charge in [-0.1, -0.05) is 12.1 Å². The molecule has 1 aromatic rings. The van der Waals surface area contributed by atoms with Crippen LogP contribution in [0.4, 0.5) is 4.39 Å². The second-order valence-electron chi connectivity index (χ2n) is 3.74. The summed E-state index contributed by atoms with van der Waals surface area (Å²) in [6.07, 6.45) is -0.141. The van der Waals surface area contributed by atoms with E-state index in [9.17, 15) is 4.39 Å². The van der Waals surface area contributed by atoms with Crippen molar-refractivity contribution in [1.29, 1.82) is 5.41 Å². The molecule has 0 aromatic heterocycles. The Morgan fingerprint density at radius 2 is 2.12 bits per heavy atom. The molecule has 1 fully saturated rings. The first-order chi connectivity index (χ1) is 7.66. The Morgan fingerprint density at radius 3 is 2.75 bits per heavy atom. The van der Waals surface area contributed by atoms with Crippen LogP contribution in [-0.4, -0.2) is 30.6 Å². The summed E-state index contributed by atoms with van der Waals surface area (Å²) in [5.74, 6) is -0.210. The van der Waals surface area contributed by atoms with Gasteiger partial charge in [-0.25, -0.2) is 4.39 Å². The Labute approximate surface area is 93.3 Å². The molecular weight excluding hydrogens is 209 g/mol. The summed E-state index contributed by atoms with van der Waals surface area (Å²) >= 11 is 0. The van der Waals surface area contributed by atoms with Crippen LogP contribution in [0, 0.1) is 11.2 Å². The molecule has 0 spiro atoms. The van der Waals surface area contributed by atoms with Crippen molar-refractivity contribution >= 4 is 5.96 Å². The van der Waals surface area contributed by atoms with Gasteiger partial charge in [-0.2, -0.15) is 0 Å². The molecule has 3 N–H and O–H groups in total. The molecule has 0 saturated carbocycles. The van der Waals surface area contributed by atoms with Gasteiger partial charge in [0.05, 0.1) is 13.2 Å². The molecule has 2 rings (SSSR count). The first-order valence-electron chi connectivity index (χ1n) is 5.13. The molecule has 4 nitrogen and oxygen atoms in total. The van der Waals surface area contributed by atoms with Gasteiger partial charge >= 0.3 is 0 Å². The number of nitrogens with one attached hydrogen (secondary N) is 1. The van der Waals surface area contributed by atoms with Crippen molar-refractivity contribution in [1.82, 2.24) is 4.90 Å². The minimum Gasteiger partial charge on any atom is -0.370 e. The Morgan fingerprint density at radius 1 is 1.44 bits per heavy atom. The summed E-state index contributed by atoms with van der Waals surface area (Å²) in [5, 5.41) is 7.36. The maximum absolute atomic E-state index is 12.8. The van der Waals surface area contributed by atoms with Crippen LogP contribution < -0.4 is 5.73 Å². The fourth-order valence-electron chi connectivity index (χ4n) is 1.75. The van der Waals surface area contributed by atoms with E-state index in [-0.39, 0.29) is 17.9 Å². The Hall–Kier alpha value is -1.62. The molecule has 1 aromatic carbocycles. The molecule has 0 radical (unpaired) electrons. The van der Waals surface area contributed by atoms with Gasteiger partial charge in [-0.3, -0.25) is 5.41 Å². The zero-order chi connectivity index (χ0) is 11.5. The highest BCUT2D eigenvalue weighted by atomic mass is 19.1. The first kappa shape index (κ1) is 10.9. The van der Waals surface area contributed by atoms with E-state index in [4.69, 9.17) is 15.9 Å². The van der Waals surface area contributed by atoms with Crippen LogP contribution in [0.15, 0.2) is 24.3 Å². The van der Waals surface area contributed by atoms with Crippen LogP contribution >= 0.6 is 0 Å². The van der Waals surface area contributed by atoms with Crippen LogP contribution in [-0.2, 0) is 4.74 Å². The minimum absolute atomic E-state index is 0.0513. The lowest BCUT2D eigenvalue weighted by molar-refractivity contribution is -0.00754. The van der Waals surface area contributed by atoms with E-state index in [0.29, 0.717) is 19.7 Å². The largest absolute Gasteiger partial charge is 0.370 e. The fraction of sp³-hybridized carbons (Fsp3) is 0.364. The lowest BCUT2D eigenvalue weighted by atomic mass is 10.1. The highest BCUT2D eigenvalue weighted by Gasteiger charge is 2.22. The van der Waals surface area contributed by atoms with Crippen molar-refractivity contribution in [3.63, 3.8) is 0 Å². The molecule has 0 bridgehead atoms. The van der Waals surface area contributed by atoms with Crippen molar-refractivity contribution in [3.05, 3.63) is 35.6 Å². The number of guanidine groups is 1. The summed E-state index contributed by atoms with van der Waals surface area (Å²) in [4.78, 5) is 1.75. The number of morpholine rings is 1. The topological polar surface area (TPSA) is 62.3 Å². The second kappa shape index (κ2) is 4.49. The maximum Gasteiger partial charge on any atom is 0.188 e. The monoisotopic (exact) mass is 223 g/mol. The van der Waals surface area contributed by atoms with Crippen molar-refractivity contribution in [2.24, 2.45) is 5.73 Å². The predicted octanol–water partition coefficient (Wildman–Crippen LogP) is 1.09. The van der Waals surface area contributed by atoms with E-state index in [2.05, 4.69) is 0 Å². The van der Waals surface area contributed by atoms with Crippen LogP contribution in [0.25, 0.3) is 0 Å². The molecular formula is C11H14FN3O. The summed E-state index contributed by atoms with van der Waals surface area (Å²) in [6.45, 7) is 1.70. The molecule has 0 aliphatic carbocycles. The number of hydrogen-bond donors (Lipinski definition) is 2. The average Bonchev–Trinajstić information content (AvgIpc) is 2.30. The van der Waals surface area contributed by atoms with Gasteiger partial charge in [-0.15, -0.1) is 0 Å². The van der Waals surface area contributed by atoms with Crippen molar-refractivity contribution in [2.45, 2.75) is 6.10 Å². The molecule has 1 aliphatic rings. The molecule has 16 heavy (non-hydrogen) atoms. The molecule has 86 valence electrons. The SMILES string of the molecule is N=C(N)N1CCO[C@@H](c2ccc(F)cc2)C1. The van der Waals surface area contributed by atoms with Crippen LogP contribution in [0.2, 0.25) is 0 Å². The number of hydrogen-bond acceptors (Lipinski definition) is 2. The van der Waals surface area contributed by atoms with Crippen molar-refractivity contribution in [2.75, 3.05) is 19.7 Å². The molecule has 1 saturated heterocycles. The Kier molecular flexibility index (Phi) is 3.05. The quantitative estimate of drug-likeness (QED) is 0.553. The Balaban J connectivity index is 2.09.